The molecule has 8 rings (SSSR count). The standard InChI is InChI=1S/C21H22N8O2S/c1-11-14-16-25-19(26-28(16)10-22-17(14)32-15(11)18(30)31-2)20-4-12-3-13(5-20)7-21(6-12,8-20)29-24-9-23-27-29/h9-10,12-13H,3-8H2,1-2H3/t12-,13+,20?,21?. The Morgan fingerprint density at radius 1 is 1.25 bits per heavy atom. The topological polar surface area (TPSA) is 113 Å². The van der Waals surface area contributed by atoms with Gasteiger partial charge in [0.2, 0.25) is 0 Å². The molecule has 0 radical (unpaired) electrons. The second kappa shape index (κ2) is 6.09. The number of hydrogen-bond acceptors (Lipinski definition) is 9. The molecule has 4 bridgehead atoms. The van der Waals surface area contributed by atoms with E-state index in [0.29, 0.717) is 16.7 Å². The Hall–Kier alpha value is -2.95. The molecule has 10 nitrogen and oxygen atoms in total. The maximum absolute atomic E-state index is 12.2. The lowest BCUT2D eigenvalue weighted by atomic mass is 9.46. The maximum Gasteiger partial charge on any atom is 0.348 e. The minimum absolute atomic E-state index is 0.0921. The first-order valence-corrected chi connectivity index (χ1v) is 11.8. The molecule has 0 amide bonds. The van der Waals surface area contributed by atoms with Crippen molar-refractivity contribution in [1.82, 2.24) is 39.8 Å². The average molecular weight is 451 g/mol. The van der Waals surface area contributed by atoms with Gasteiger partial charge in [-0.25, -0.2) is 19.3 Å². The van der Waals surface area contributed by atoms with Crippen LogP contribution in [0.3, 0.4) is 0 Å². The third-order valence-corrected chi connectivity index (χ3v) is 9.10. The van der Waals surface area contributed by atoms with Gasteiger partial charge in [0, 0.05) is 5.41 Å². The quantitative estimate of drug-likeness (QED) is 0.438. The van der Waals surface area contributed by atoms with Crippen LogP contribution in [0, 0.1) is 18.8 Å². The van der Waals surface area contributed by atoms with E-state index in [1.165, 1.54) is 31.2 Å². The summed E-state index contributed by atoms with van der Waals surface area (Å²) in [5, 5.41) is 18.6. The van der Waals surface area contributed by atoms with Gasteiger partial charge in [0.05, 0.1) is 18.0 Å². The molecule has 11 heteroatoms. The smallest absolute Gasteiger partial charge is 0.348 e. The van der Waals surface area contributed by atoms with Gasteiger partial charge in [0.1, 0.15) is 16.0 Å². The molecule has 0 aromatic carbocycles. The van der Waals surface area contributed by atoms with Crippen molar-refractivity contribution >= 4 is 33.2 Å². The molecule has 2 unspecified atom stereocenters. The van der Waals surface area contributed by atoms with Crippen LogP contribution in [-0.4, -0.2) is 52.9 Å². The highest BCUT2D eigenvalue weighted by atomic mass is 32.1. The molecule has 4 aromatic rings. The lowest BCUT2D eigenvalue weighted by Gasteiger charge is -2.60. The second-order valence-electron chi connectivity index (χ2n) is 9.87. The van der Waals surface area contributed by atoms with Gasteiger partial charge in [-0.2, -0.15) is 4.80 Å². The normalized spacial score (nSPS) is 31.1. The number of aromatic nitrogens is 8. The zero-order valence-corrected chi connectivity index (χ0v) is 18.7. The van der Waals surface area contributed by atoms with Gasteiger partial charge in [0.25, 0.3) is 0 Å². The molecule has 0 saturated heterocycles. The number of nitrogens with zero attached hydrogens (tertiary/aromatic N) is 8. The number of fused-ring (bicyclic) bond motifs is 3. The monoisotopic (exact) mass is 450 g/mol. The fourth-order valence-electron chi connectivity index (χ4n) is 7.14. The molecule has 0 aliphatic heterocycles. The van der Waals surface area contributed by atoms with Crippen LogP contribution in [0.4, 0.5) is 0 Å². The van der Waals surface area contributed by atoms with E-state index >= 15 is 0 Å². The van der Waals surface area contributed by atoms with Crippen molar-refractivity contribution in [1.29, 1.82) is 0 Å². The number of rotatable bonds is 3. The van der Waals surface area contributed by atoms with E-state index in [9.17, 15) is 4.79 Å². The fraction of sp³-hybridized carbons (Fsp3) is 0.571. The molecule has 32 heavy (non-hydrogen) atoms. The predicted octanol–water partition coefficient (Wildman–Crippen LogP) is 2.67. The Bertz CT molecular complexity index is 1380. The summed E-state index contributed by atoms with van der Waals surface area (Å²) in [7, 11) is 1.40. The molecular formula is C21H22N8O2S. The molecule has 4 aliphatic rings. The van der Waals surface area contributed by atoms with Crippen molar-refractivity contribution in [2.45, 2.75) is 56.4 Å². The summed E-state index contributed by atoms with van der Waals surface area (Å²) in [5.74, 6) is 1.80. The van der Waals surface area contributed by atoms with E-state index in [1.807, 2.05) is 11.7 Å². The van der Waals surface area contributed by atoms with Crippen LogP contribution in [0.15, 0.2) is 12.7 Å². The van der Waals surface area contributed by atoms with Gasteiger partial charge in [0.15, 0.2) is 17.8 Å². The number of tetrazole rings is 1. The average Bonchev–Trinajstić information content (AvgIpc) is 3.51. The van der Waals surface area contributed by atoms with Crippen LogP contribution < -0.4 is 0 Å². The van der Waals surface area contributed by atoms with Crippen LogP contribution in [0.1, 0.15) is 59.6 Å². The molecule has 164 valence electrons. The van der Waals surface area contributed by atoms with Crippen molar-refractivity contribution in [2.75, 3.05) is 7.11 Å². The third-order valence-electron chi connectivity index (χ3n) is 7.92. The Morgan fingerprint density at radius 3 is 2.78 bits per heavy atom. The summed E-state index contributed by atoms with van der Waals surface area (Å²) in [5.41, 5.74) is 1.42. The predicted molar refractivity (Wildman–Crippen MR) is 114 cm³/mol. The van der Waals surface area contributed by atoms with Crippen LogP contribution in [0.25, 0.3) is 15.9 Å². The Labute approximate surface area is 187 Å². The first kappa shape index (κ1) is 18.6. The second-order valence-corrected chi connectivity index (χ2v) is 10.9. The Morgan fingerprint density at radius 2 is 2.06 bits per heavy atom. The summed E-state index contributed by atoms with van der Waals surface area (Å²) in [6, 6.07) is 0. The van der Waals surface area contributed by atoms with E-state index in [4.69, 9.17) is 14.8 Å². The van der Waals surface area contributed by atoms with Gasteiger partial charge in [-0.15, -0.1) is 26.6 Å². The minimum Gasteiger partial charge on any atom is -0.465 e. The SMILES string of the molecule is COC(=O)c1sc2ncn3nc(C45C[C@H]6C[C@@H](C4)CC(n4ncnn4)(C6)C5)nc3c2c1C. The Balaban J connectivity index is 1.39. The van der Waals surface area contributed by atoms with Gasteiger partial charge < -0.3 is 4.74 Å². The molecule has 4 atom stereocenters. The zero-order valence-electron chi connectivity index (χ0n) is 17.9. The molecular weight excluding hydrogens is 428 g/mol. The summed E-state index contributed by atoms with van der Waals surface area (Å²) < 4.78 is 6.73. The van der Waals surface area contributed by atoms with Crippen LogP contribution in [0.5, 0.6) is 0 Å². The molecule has 4 saturated carbocycles. The molecule has 0 spiro atoms. The van der Waals surface area contributed by atoms with Crippen LogP contribution in [-0.2, 0) is 15.7 Å². The molecule has 4 heterocycles. The summed E-state index contributed by atoms with van der Waals surface area (Å²) in [6.07, 6.45) is 9.86. The summed E-state index contributed by atoms with van der Waals surface area (Å²) >= 11 is 1.34. The van der Waals surface area contributed by atoms with E-state index in [2.05, 4.69) is 20.4 Å². The number of thiophene rings is 1. The van der Waals surface area contributed by atoms with E-state index in [1.54, 1.807) is 10.8 Å². The fourth-order valence-corrected chi connectivity index (χ4v) is 8.20. The number of carbonyl (C=O) groups is 1. The largest absolute Gasteiger partial charge is 0.465 e. The molecule has 0 N–H and O–H groups in total. The summed E-state index contributed by atoms with van der Waals surface area (Å²) in [4.78, 5) is 25.1. The highest BCUT2D eigenvalue weighted by molar-refractivity contribution is 7.20. The first-order chi connectivity index (χ1) is 15.5. The molecule has 4 fully saturated rings. The lowest BCUT2D eigenvalue weighted by Crippen LogP contribution is -2.59. The molecule has 4 aromatic heterocycles. The van der Waals surface area contributed by atoms with Crippen LogP contribution >= 0.6 is 11.3 Å². The summed E-state index contributed by atoms with van der Waals surface area (Å²) in [6.45, 7) is 1.93. The van der Waals surface area contributed by atoms with Gasteiger partial charge in [-0.1, -0.05) is 0 Å². The van der Waals surface area contributed by atoms with E-state index in [-0.39, 0.29) is 16.9 Å². The number of esters is 1. The van der Waals surface area contributed by atoms with Crippen molar-refractivity contribution in [3.63, 3.8) is 0 Å². The third kappa shape index (κ3) is 2.31. The zero-order chi connectivity index (χ0) is 21.7. The Kier molecular flexibility index (Phi) is 3.54. The molecule has 4 aliphatic carbocycles. The highest BCUT2D eigenvalue weighted by Gasteiger charge is 2.61. The maximum atomic E-state index is 12.2. The van der Waals surface area contributed by atoms with E-state index in [0.717, 1.165) is 59.4 Å². The number of hydrogen-bond donors (Lipinski definition) is 0. The highest BCUT2D eigenvalue weighted by Crippen LogP contribution is 2.64. The number of methoxy groups -OCH3 is 1. The van der Waals surface area contributed by atoms with Crippen LogP contribution in [0.2, 0.25) is 0 Å². The number of carbonyl (C=O) groups excluding carboxylic acids is 1. The van der Waals surface area contributed by atoms with Crippen molar-refractivity contribution in [3.05, 3.63) is 28.9 Å². The number of aryl methyl sites for hydroxylation is 1. The van der Waals surface area contributed by atoms with Crippen molar-refractivity contribution < 1.29 is 9.53 Å². The van der Waals surface area contributed by atoms with E-state index < -0.39 is 0 Å². The first-order valence-electron chi connectivity index (χ1n) is 11.0. The van der Waals surface area contributed by atoms with Crippen molar-refractivity contribution in [3.8, 4) is 0 Å². The van der Waals surface area contributed by atoms with Crippen molar-refractivity contribution in [2.24, 2.45) is 11.8 Å². The number of ether oxygens (including phenoxy) is 1. The van der Waals surface area contributed by atoms with Gasteiger partial charge in [-0.05, 0) is 68.1 Å². The van der Waals surface area contributed by atoms with Gasteiger partial charge in [-0.3, -0.25) is 0 Å². The lowest BCUT2D eigenvalue weighted by molar-refractivity contribution is -0.0785. The minimum atomic E-state index is -0.341. The van der Waals surface area contributed by atoms with Gasteiger partial charge >= 0.3 is 5.97 Å².